The average Bonchev–Trinajstić information content (AvgIpc) is 3.04. The lowest BCUT2D eigenvalue weighted by atomic mass is 9.74. The summed E-state index contributed by atoms with van der Waals surface area (Å²) in [4.78, 5) is 0.235. The fourth-order valence-corrected chi connectivity index (χ4v) is 6.34. The predicted molar refractivity (Wildman–Crippen MR) is 134 cm³/mol. The second-order valence-electron chi connectivity index (χ2n) is 11.8. The summed E-state index contributed by atoms with van der Waals surface area (Å²) < 4.78 is 33.3. The lowest BCUT2D eigenvalue weighted by Gasteiger charge is -2.37. The molecule has 1 aliphatic heterocycles. The number of primary sulfonamides is 1. The fourth-order valence-electron chi connectivity index (χ4n) is 5.55. The maximum absolute atomic E-state index is 12.4. The van der Waals surface area contributed by atoms with E-state index < -0.39 is 10.0 Å². The highest BCUT2D eigenvalue weighted by Crippen LogP contribution is 2.47. The van der Waals surface area contributed by atoms with Gasteiger partial charge in [-0.05, 0) is 66.7 Å². The normalized spacial score (nSPS) is 19.2. The molecule has 5 nitrogen and oxygen atoms in total. The Morgan fingerprint density at radius 3 is 2.39 bits per heavy atom. The summed E-state index contributed by atoms with van der Waals surface area (Å²) in [6.07, 6.45) is 7.14. The molecule has 2 aromatic rings. The Balaban J connectivity index is 1.94. The van der Waals surface area contributed by atoms with E-state index in [4.69, 9.17) is 9.88 Å². The van der Waals surface area contributed by atoms with Gasteiger partial charge in [0.05, 0.1) is 6.61 Å². The standard InChI is InChI=1S/C27H40N2O3S/c1-18-24(33(28,30)31)16-23(29(18)17-19-10-8-7-9-11-19)20-14-21(26(2,3)4)25-22(15-20)27(5,6)12-13-32-25/h14-16,19H,7-13,17H2,1-6H3,(H2,28,30,31). The summed E-state index contributed by atoms with van der Waals surface area (Å²) in [5.41, 5.74) is 4.99. The van der Waals surface area contributed by atoms with Crippen molar-refractivity contribution in [3.05, 3.63) is 35.0 Å². The third kappa shape index (κ3) is 4.74. The van der Waals surface area contributed by atoms with Crippen LogP contribution in [-0.4, -0.2) is 19.6 Å². The Morgan fingerprint density at radius 1 is 1.12 bits per heavy atom. The number of sulfonamides is 1. The molecule has 0 saturated heterocycles. The molecule has 1 saturated carbocycles. The maximum atomic E-state index is 12.4. The zero-order chi connectivity index (χ0) is 24.2. The van der Waals surface area contributed by atoms with Gasteiger partial charge in [-0.15, -0.1) is 0 Å². The first kappa shape index (κ1) is 24.3. The summed E-state index contributed by atoms with van der Waals surface area (Å²) in [5.74, 6) is 1.56. The smallest absolute Gasteiger partial charge is 0.239 e. The molecule has 1 aromatic heterocycles. The number of hydrogen-bond donors (Lipinski definition) is 1. The molecule has 0 amide bonds. The van der Waals surface area contributed by atoms with Crippen molar-refractivity contribution in [3.8, 4) is 17.0 Å². The Morgan fingerprint density at radius 2 is 1.79 bits per heavy atom. The van der Waals surface area contributed by atoms with Crippen LogP contribution in [0, 0.1) is 12.8 Å². The maximum Gasteiger partial charge on any atom is 0.239 e. The van der Waals surface area contributed by atoms with Gasteiger partial charge in [0, 0.05) is 29.1 Å². The predicted octanol–water partition coefficient (Wildman–Crippen LogP) is 6.05. The molecule has 33 heavy (non-hydrogen) atoms. The van der Waals surface area contributed by atoms with Crippen molar-refractivity contribution in [2.75, 3.05) is 6.61 Å². The highest BCUT2D eigenvalue weighted by atomic mass is 32.2. The van der Waals surface area contributed by atoms with Crippen molar-refractivity contribution in [2.45, 2.75) is 102 Å². The fraction of sp³-hybridized carbons (Fsp3) is 0.630. The third-order valence-electron chi connectivity index (χ3n) is 7.69. The molecule has 182 valence electrons. The van der Waals surface area contributed by atoms with Gasteiger partial charge in [-0.25, -0.2) is 13.6 Å². The zero-order valence-corrected chi connectivity index (χ0v) is 21.9. The van der Waals surface area contributed by atoms with Gasteiger partial charge in [-0.1, -0.05) is 53.9 Å². The number of benzene rings is 1. The summed E-state index contributed by atoms with van der Waals surface area (Å²) in [6, 6.07) is 6.22. The minimum Gasteiger partial charge on any atom is -0.493 e. The van der Waals surface area contributed by atoms with Gasteiger partial charge in [-0.3, -0.25) is 0 Å². The molecule has 0 atom stereocenters. The molecule has 0 spiro atoms. The number of ether oxygens (including phenoxy) is 1. The molecule has 6 heteroatoms. The van der Waals surface area contributed by atoms with E-state index in [1.165, 1.54) is 43.2 Å². The summed E-state index contributed by atoms with van der Waals surface area (Å²) in [5, 5.41) is 5.64. The van der Waals surface area contributed by atoms with Gasteiger partial charge < -0.3 is 9.30 Å². The highest BCUT2D eigenvalue weighted by molar-refractivity contribution is 7.89. The van der Waals surface area contributed by atoms with Crippen LogP contribution in [0.15, 0.2) is 23.1 Å². The molecule has 0 radical (unpaired) electrons. The van der Waals surface area contributed by atoms with Gasteiger partial charge in [0.25, 0.3) is 0 Å². The lowest BCUT2D eigenvalue weighted by Crippen LogP contribution is -2.29. The van der Waals surface area contributed by atoms with Gasteiger partial charge in [0.15, 0.2) is 0 Å². The molecular weight excluding hydrogens is 432 g/mol. The van der Waals surface area contributed by atoms with Crippen LogP contribution in [0.5, 0.6) is 5.75 Å². The lowest BCUT2D eigenvalue weighted by molar-refractivity contribution is 0.228. The second-order valence-corrected chi connectivity index (χ2v) is 13.3. The second kappa shape index (κ2) is 8.46. The van der Waals surface area contributed by atoms with Crippen LogP contribution in [-0.2, 0) is 27.4 Å². The molecular formula is C27H40N2O3S. The van der Waals surface area contributed by atoms with Crippen LogP contribution in [0.1, 0.15) is 90.0 Å². The minimum atomic E-state index is -3.81. The summed E-state index contributed by atoms with van der Waals surface area (Å²) in [6.45, 7) is 14.6. The van der Waals surface area contributed by atoms with Gasteiger partial charge >= 0.3 is 0 Å². The third-order valence-corrected chi connectivity index (χ3v) is 8.71. The molecule has 0 bridgehead atoms. The molecule has 1 fully saturated rings. The van der Waals surface area contributed by atoms with E-state index in [-0.39, 0.29) is 15.7 Å². The van der Waals surface area contributed by atoms with E-state index in [9.17, 15) is 8.42 Å². The van der Waals surface area contributed by atoms with Crippen molar-refractivity contribution >= 4 is 10.0 Å². The molecule has 4 rings (SSSR count). The van der Waals surface area contributed by atoms with E-state index in [2.05, 4.69) is 51.3 Å². The van der Waals surface area contributed by atoms with E-state index in [0.29, 0.717) is 5.92 Å². The summed E-state index contributed by atoms with van der Waals surface area (Å²) >= 11 is 0. The first-order valence-corrected chi connectivity index (χ1v) is 13.9. The topological polar surface area (TPSA) is 74.3 Å². The van der Waals surface area contributed by atoms with E-state index in [1.54, 1.807) is 6.07 Å². The van der Waals surface area contributed by atoms with Crippen LogP contribution in [0.2, 0.25) is 0 Å². The molecule has 2 aliphatic rings. The Labute approximate surface area is 199 Å². The number of nitrogens with zero attached hydrogens (tertiary/aromatic N) is 1. The van der Waals surface area contributed by atoms with Crippen molar-refractivity contribution < 1.29 is 13.2 Å². The number of rotatable bonds is 4. The van der Waals surface area contributed by atoms with Crippen LogP contribution < -0.4 is 9.88 Å². The number of aromatic nitrogens is 1. The van der Waals surface area contributed by atoms with Crippen LogP contribution >= 0.6 is 0 Å². The van der Waals surface area contributed by atoms with E-state index >= 15 is 0 Å². The minimum absolute atomic E-state index is 0.0117. The highest BCUT2D eigenvalue weighted by Gasteiger charge is 2.34. The average molecular weight is 473 g/mol. The van der Waals surface area contributed by atoms with Crippen LogP contribution in [0.4, 0.5) is 0 Å². The number of nitrogens with two attached hydrogens (primary N) is 1. The first-order chi connectivity index (χ1) is 15.3. The monoisotopic (exact) mass is 472 g/mol. The molecule has 2 heterocycles. The Bertz CT molecular complexity index is 1130. The van der Waals surface area contributed by atoms with Crippen molar-refractivity contribution in [1.82, 2.24) is 4.57 Å². The largest absolute Gasteiger partial charge is 0.493 e. The van der Waals surface area contributed by atoms with Crippen molar-refractivity contribution in [2.24, 2.45) is 11.1 Å². The Kier molecular flexibility index (Phi) is 6.24. The van der Waals surface area contributed by atoms with E-state index in [1.807, 2.05) is 6.92 Å². The Hall–Kier alpha value is -1.79. The SMILES string of the molecule is Cc1c(S(N)(=O)=O)cc(-c2cc(C(C)(C)C)c3c(c2)C(C)(C)CCO3)n1CC1CCCCC1. The quantitative estimate of drug-likeness (QED) is 0.589. The van der Waals surface area contributed by atoms with Crippen LogP contribution in [0.3, 0.4) is 0 Å². The van der Waals surface area contributed by atoms with Gasteiger partial charge in [0.1, 0.15) is 10.6 Å². The number of hydrogen-bond acceptors (Lipinski definition) is 3. The van der Waals surface area contributed by atoms with E-state index in [0.717, 1.165) is 42.3 Å². The first-order valence-electron chi connectivity index (χ1n) is 12.3. The molecule has 1 aliphatic carbocycles. The van der Waals surface area contributed by atoms with Crippen molar-refractivity contribution in [1.29, 1.82) is 0 Å². The molecule has 1 aromatic carbocycles. The summed E-state index contributed by atoms with van der Waals surface area (Å²) in [7, 11) is -3.81. The van der Waals surface area contributed by atoms with Crippen molar-refractivity contribution in [3.63, 3.8) is 0 Å². The molecule has 2 N–H and O–H groups in total. The number of fused-ring (bicyclic) bond motifs is 1. The zero-order valence-electron chi connectivity index (χ0n) is 21.1. The van der Waals surface area contributed by atoms with Gasteiger partial charge in [0.2, 0.25) is 10.0 Å². The van der Waals surface area contributed by atoms with Crippen LogP contribution in [0.25, 0.3) is 11.3 Å². The molecule has 0 unspecified atom stereocenters. The van der Waals surface area contributed by atoms with Gasteiger partial charge in [-0.2, -0.15) is 0 Å².